The number of benzene rings is 1. The van der Waals surface area contributed by atoms with Crippen molar-refractivity contribution < 1.29 is 23.3 Å². The summed E-state index contributed by atoms with van der Waals surface area (Å²) in [5, 5.41) is 22.1. The summed E-state index contributed by atoms with van der Waals surface area (Å²) in [5.41, 5.74) is 0.959. The van der Waals surface area contributed by atoms with E-state index in [1.54, 1.807) is 22.8 Å². The summed E-state index contributed by atoms with van der Waals surface area (Å²) >= 11 is 3.32. The zero-order valence-electron chi connectivity index (χ0n) is 15.9. The number of amides is 2. The maximum absolute atomic E-state index is 13.5. The lowest BCUT2D eigenvalue weighted by atomic mass is 10.2. The number of hydrogen-bond donors (Lipinski definition) is 1. The molecule has 2 aromatic rings. The summed E-state index contributed by atoms with van der Waals surface area (Å²) in [5.74, 6) is -4.47. The van der Waals surface area contributed by atoms with Crippen LogP contribution in [0.25, 0.3) is 0 Å². The van der Waals surface area contributed by atoms with Gasteiger partial charge in [0.2, 0.25) is 5.91 Å². The van der Waals surface area contributed by atoms with Gasteiger partial charge in [-0.25, -0.2) is 8.78 Å². The number of halogens is 3. The molecule has 0 bridgehead atoms. The maximum Gasteiger partial charge on any atom is 0.269 e. The molecule has 1 aliphatic rings. The molecule has 1 aromatic heterocycles. The number of likely N-dealkylation sites (tertiary alicyclic amines) is 1. The van der Waals surface area contributed by atoms with Crippen molar-refractivity contribution in [3.05, 3.63) is 62.4 Å². The van der Waals surface area contributed by atoms with Gasteiger partial charge in [-0.3, -0.25) is 19.7 Å². The van der Waals surface area contributed by atoms with Crippen LogP contribution < -0.4 is 5.32 Å². The number of nitriles is 1. The van der Waals surface area contributed by atoms with Crippen LogP contribution in [0.4, 0.5) is 14.5 Å². The minimum atomic E-state index is -3.12. The highest BCUT2D eigenvalue weighted by atomic mass is 79.9. The molecule has 2 amide bonds. The van der Waals surface area contributed by atoms with Crippen LogP contribution in [0.3, 0.4) is 0 Å². The third-order valence-corrected chi connectivity index (χ3v) is 5.43. The molecule has 1 aromatic carbocycles. The molecule has 31 heavy (non-hydrogen) atoms. The highest BCUT2D eigenvalue weighted by Crippen LogP contribution is 2.31. The Balaban J connectivity index is 1.61. The van der Waals surface area contributed by atoms with E-state index < -0.39 is 48.2 Å². The number of rotatable bonds is 6. The van der Waals surface area contributed by atoms with E-state index in [1.807, 2.05) is 0 Å². The number of aromatic nitrogens is 1. The van der Waals surface area contributed by atoms with Gasteiger partial charge in [-0.15, -0.1) is 0 Å². The van der Waals surface area contributed by atoms with Crippen LogP contribution in [-0.2, 0) is 11.3 Å². The Kier molecular flexibility index (Phi) is 6.35. The lowest BCUT2D eigenvalue weighted by Gasteiger charge is -2.19. The highest BCUT2D eigenvalue weighted by molar-refractivity contribution is 9.10. The van der Waals surface area contributed by atoms with Crippen molar-refractivity contribution in [1.29, 1.82) is 5.26 Å². The van der Waals surface area contributed by atoms with E-state index in [0.717, 1.165) is 10.5 Å². The second kappa shape index (κ2) is 8.81. The van der Waals surface area contributed by atoms with Crippen molar-refractivity contribution in [3.63, 3.8) is 0 Å². The van der Waals surface area contributed by atoms with Gasteiger partial charge in [0.15, 0.2) is 0 Å². The van der Waals surface area contributed by atoms with Crippen LogP contribution in [-0.4, -0.2) is 51.3 Å². The molecule has 0 unspecified atom stereocenters. The van der Waals surface area contributed by atoms with Gasteiger partial charge in [0.1, 0.15) is 6.04 Å². The van der Waals surface area contributed by atoms with E-state index in [0.29, 0.717) is 11.1 Å². The van der Waals surface area contributed by atoms with E-state index in [2.05, 4.69) is 21.2 Å². The minimum Gasteiger partial charge on any atom is -0.343 e. The molecule has 162 valence electrons. The summed E-state index contributed by atoms with van der Waals surface area (Å²) in [6.07, 6.45) is 0.801. The largest absolute Gasteiger partial charge is 0.343 e. The number of nitro benzene ring substituents is 1. The molecule has 1 N–H and O–H groups in total. The quantitative estimate of drug-likeness (QED) is 0.487. The first-order valence-corrected chi connectivity index (χ1v) is 9.83. The second-order valence-electron chi connectivity index (χ2n) is 7.01. The normalized spacial score (nSPS) is 17.2. The average molecular weight is 496 g/mol. The fourth-order valence-corrected chi connectivity index (χ4v) is 3.67. The Morgan fingerprint density at radius 3 is 2.65 bits per heavy atom. The molecular weight excluding hydrogens is 480 g/mol. The number of nitro groups is 1. The number of nitrogens with one attached hydrogen (secondary N) is 1. The Labute approximate surface area is 183 Å². The zero-order valence-corrected chi connectivity index (χ0v) is 17.5. The summed E-state index contributed by atoms with van der Waals surface area (Å²) < 4.78 is 29.2. The van der Waals surface area contributed by atoms with Gasteiger partial charge < -0.3 is 14.8 Å². The lowest BCUT2D eigenvalue weighted by Crippen LogP contribution is -2.42. The van der Waals surface area contributed by atoms with Crippen molar-refractivity contribution >= 4 is 33.4 Å². The van der Waals surface area contributed by atoms with E-state index in [-0.39, 0.29) is 11.3 Å². The first kappa shape index (κ1) is 22.4. The number of carbonyl (C=O) groups is 2. The molecule has 0 radical (unpaired) electrons. The van der Waals surface area contributed by atoms with Crippen LogP contribution in [0.1, 0.15) is 22.3 Å². The molecule has 9 nitrogen and oxygen atoms in total. The van der Waals surface area contributed by atoms with Gasteiger partial charge in [-0.2, -0.15) is 5.26 Å². The topological polar surface area (TPSA) is 121 Å². The maximum atomic E-state index is 13.5. The van der Waals surface area contributed by atoms with Gasteiger partial charge >= 0.3 is 0 Å². The van der Waals surface area contributed by atoms with Gasteiger partial charge in [0.05, 0.1) is 34.2 Å². The van der Waals surface area contributed by atoms with Crippen LogP contribution in [0.5, 0.6) is 0 Å². The minimum absolute atomic E-state index is 0.0329. The van der Waals surface area contributed by atoms with Crippen molar-refractivity contribution in [3.8, 4) is 6.07 Å². The molecule has 1 fully saturated rings. The molecule has 12 heteroatoms. The van der Waals surface area contributed by atoms with E-state index in [4.69, 9.17) is 5.26 Å². The van der Waals surface area contributed by atoms with E-state index in [1.165, 1.54) is 24.4 Å². The molecular formula is C19H16BrF2N5O4. The van der Waals surface area contributed by atoms with Crippen molar-refractivity contribution in [2.45, 2.75) is 24.9 Å². The number of carbonyl (C=O) groups excluding carboxylic acids is 2. The zero-order chi connectivity index (χ0) is 22.8. The van der Waals surface area contributed by atoms with Crippen LogP contribution in [0.15, 0.2) is 41.1 Å². The molecule has 1 aliphatic heterocycles. The fraction of sp³-hybridized carbons (Fsp3) is 0.316. The van der Waals surface area contributed by atoms with E-state index >= 15 is 0 Å². The molecule has 3 rings (SSSR count). The van der Waals surface area contributed by atoms with Crippen LogP contribution in [0.2, 0.25) is 0 Å². The Bertz CT molecular complexity index is 1060. The van der Waals surface area contributed by atoms with Gasteiger partial charge in [-0.05, 0) is 27.6 Å². The second-order valence-corrected chi connectivity index (χ2v) is 7.82. The smallest absolute Gasteiger partial charge is 0.269 e. The standard InChI is InChI=1S/C19H16BrF2N5O4/c20-16-5-13(10-25(16)9-12-1-3-14(4-2-12)27(30)31)18(29)24-8-17(28)26-11-19(21,22)6-15(26)7-23/h1-5,10,15H,6,8-9,11H2,(H,24,29)/t15-/m0/s1. The first-order chi connectivity index (χ1) is 14.6. The Morgan fingerprint density at radius 2 is 2.03 bits per heavy atom. The third-order valence-electron chi connectivity index (χ3n) is 4.75. The first-order valence-electron chi connectivity index (χ1n) is 9.04. The highest BCUT2D eigenvalue weighted by Gasteiger charge is 2.47. The van der Waals surface area contributed by atoms with Crippen molar-refractivity contribution in [1.82, 2.24) is 14.8 Å². The molecule has 0 saturated carbocycles. The number of hydrogen-bond acceptors (Lipinski definition) is 5. The van der Waals surface area contributed by atoms with Crippen LogP contribution in [0, 0.1) is 21.4 Å². The average Bonchev–Trinajstić information content (AvgIpc) is 3.25. The molecule has 2 heterocycles. The van der Waals surface area contributed by atoms with Crippen LogP contribution >= 0.6 is 15.9 Å². The molecule has 1 atom stereocenters. The molecule has 1 saturated heterocycles. The van der Waals surface area contributed by atoms with Gasteiger partial charge in [0.25, 0.3) is 17.5 Å². The lowest BCUT2D eigenvalue weighted by molar-refractivity contribution is -0.384. The predicted molar refractivity (Wildman–Crippen MR) is 107 cm³/mol. The van der Waals surface area contributed by atoms with Crippen molar-refractivity contribution in [2.24, 2.45) is 0 Å². The van der Waals surface area contributed by atoms with Crippen molar-refractivity contribution in [2.75, 3.05) is 13.1 Å². The SMILES string of the molecule is N#C[C@@H]1CC(F)(F)CN1C(=O)CNC(=O)c1cc(Br)n(Cc2ccc([N+](=O)[O-])cc2)c1. The third kappa shape index (κ3) is 5.24. The van der Waals surface area contributed by atoms with E-state index in [9.17, 15) is 28.5 Å². The summed E-state index contributed by atoms with van der Waals surface area (Å²) in [6.45, 7) is -1.03. The number of non-ortho nitro benzene ring substituents is 1. The molecule has 0 aliphatic carbocycles. The van der Waals surface area contributed by atoms with Gasteiger partial charge in [-0.1, -0.05) is 12.1 Å². The summed E-state index contributed by atoms with van der Waals surface area (Å²) in [7, 11) is 0. The Morgan fingerprint density at radius 1 is 1.35 bits per heavy atom. The number of nitrogens with zero attached hydrogens (tertiary/aromatic N) is 4. The molecule has 0 spiro atoms. The monoisotopic (exact) mass is 495 g/mol. The fourth-order valence-electron chi connectivity index (χ4n) is 3.20. The number of alkyl halides is 2. The summed E-state index contributed by atoms with van der Waals surface area (Å²) in [6, 6.07) is 7.92. The summed E-state index contributed by atoms with van der Waals surface area (Å²) in [4.78, 5) is 35.6. The van der Waals surface area contributed by atoms with Gasteiger partial charge in [0, 0.05) is 31.3 Å². The Hall–Kier alpha value is -3.33. The predicted octanol–water partition coefficient (Wildman–Crippen LogP) is 2.70.